The van der Waals surface area contributed by atoms with Crippen molar-refractivity contribution in [2.75, 3.05) is 0 Å². The Labute approximate surface area is 294 Å². The van der Waals surface area contributed by atoms with Crippen molar-refractivity contribution in [3.63, 3.8) is 0 Å². The summed E-state index contributed by atoms with van der Waals surface area (Å²) in [5, 5.41) is 10.3. The zero-order valence-electron chi connectivity index (χ0n) is 27.4. The van der Waals surface area contributed by atoms with Crippen LogP contribution in [-0.4, -0.2) is 9.97 Å². The molecule has 2 heterocycles. The van der Waals surface area contributed by atoms with E-state index in [0.29, 0.717) is 0 Å². The molecule has 0 bridgehead atoms. The van der Waals surface area contributed by atoms with Gasteiger partial charge in [0.05, 0.1) is 11.4 Å². The highest BCUT2D eigenvalue weighted by Crippen LogP contribution is 2.44. The quantitative estimate of drug-likeness (QED) is 0.177. The number of nitrogens with zero attached hydrogens (tertiary/aromatic N) is 2. The molecule has 10 rings (SSSR count). The van der Waals surface area contributed by atoms with Crippen LogP contribution in [0.4, 0.5) is 0 Å². The average molecular weight is 655 g/mol. The molecule has 234 valence electrons. The van der Waals surface area contributed by atoms with Crippen LogP contribution in [0.5, 0.6) is 0 Å². The number of thiophene rings is 1. The summed E-state index contributed by atoms with van der Waals surface area (Å²) in [6.07, 6.45) is 0. The third-order valence-electron chi connectivity index (χ3n) is 10.1. The van der Waals surface area contributed by atoms with Crippen LogP contribution in [0.1, 0.15) is 5.56 Å². The fourth-order valence-electron chi connectivity index (χ4n) is 7.62. The summed E-state index contributed by atoms with van der Waals surface area (Å²) in [6.45, 7) is 2.16. The van der Waals surface area contributed by atoms with Crippen LogP contribution in [0.2, 0.25) is 0 Å². The third-order valence-corrected chi connectivity index (χ3v) is 11.3. The number of fused-ring (bicyclic) bond motifs is 9. The van der Waals surface area contributed by atoms with Crippen LogP contribution in [0.15, 0.2) is 164 Å². The van der Waals surface area contributed by atoms with Crippen LogP contribution in [-0.2, 0) is 0 Å². The lowest BCUT2D eigenvalue weighted by molar-refractivity contribution is 1.15. The normalized spacial score (nSPS) is 11.7. The van der Waals surface area contributed by atoms with Gasteiger partial charge in [0.2, 0.25) is 0 Å². The molecule has 0 saturated carbocycles. The standard InChI is InChI=1S/C47H30N2S/c1-29-44(30-13-4-2-5-14-30)48-47(31-15-6-3-7-16-31)49-45(29)41-22-12-21-40-39-26-24-33(28-43(39)50-46(40)41)32-23-25-38-36-19-9-8-17-34(36)35-18-10-11-20-37(35)42(38)27-32/h2-28H,1H3. The first-order valence-corrected chi connectivity index (χ1v) is 17.8. The molecule has 0 fully saturated rings. The Morgan fingerprint density at radius 1 is 0.380 bits per heavy atom. The first kappa shape index (κ1) is 28.8. The Kier molecular flexibility index (Phi) is 6.61. The van der Waals surface area contributed by atoms with Crippen molar-refractivity contribution >= 4 is 63.8 Å². The van der Waals surface area contributed by atoms with E-state index >= 15 is 0 Å². The molecule has 0 aliphatic rings. The summed E-state index contributed by atoms with van der Waals surface area (Å²) < 4.78 is 2.52. The Morgan fingerprint density at radius 2 is 0.900 bits per heavy atom. The van der Waals surface area contributed by atoms with Crippen molar-refractivity contribution in [1.29, 1.82) is 0 Å². The number of aromatic nitrogens is 2. The molecule has 0 amide bonds. The first-order valence-electron chi connectivity index (χ1n) is 17.0. The monoisotopic (exact) mass is 654 g/mol. The summed E-state index contributed by atoms with van der Waals surface area (Å²) in [7, 11) is 0. The molecular weight excluding hydrogens is 625 g/mol. The second-order valence-corrected chi connectivity index (χ2v) is 14.0. The molecule has 0 aliphatic carbocycles. The summed E-state index contributed by atoms with van der Waals surface area (Å²) in [5.41, 5.74) is 8.71. The summed E-state index contributed by atoms with van der Waals surface area (Å²) in [4.78, 5) is 10.4. The Hall–Kier alpha value is -6.16. The lowest BCUT2D eigenvalue weighted by Gasteiger charge is -2.14. The highest BCUT2D eigenvalue weighted by atomic mass is 32.1. The largest absolute Gasteiger partial charge is 0.228 e. The van der Waals surface area contributed by atoms with Gasteiger partial charge in [0, 0.05) is 42.4 Å². The van der Waals surface area contributed by atoms with Gasteiger partial charge < -0.3 is 0 Å². The van der Waals surface area contributed by atoms with Gasteiger partial charge in [-0.2, -0.15) is 0 Å². The molecule has 0 radical (unpaired) electrons. The molecule has 0 N–H and O–H groups in total. The van der Waals surface area contributed by atoms with E-state index in [1.807, 2.05) is 35.6 Å². The van der Waals surface area contributed by atoms with E-state index in [-0.39, 0.29) is 0 Å². The van der Waals surface area contributed by atoms with Crippen molar-refractivity contribution in [2.24, 2.45) is 0 Å². The molecule has 3 heteroatoms. The zero-order chi connectivity index (χ0) is 33.2. The molecule has 0 spiro atoms. The molecule has 0 unspecified atom stereocenters. The van der Waals surface area contributed by atoms with E-state index in [2.05, 4.69) is 146 Å². The van der Waals surface area contributed by atoms with Crippen molar-refractivity contribution < 1.29 is 0 Å². The maximum absolute atomic E-state index is 5.26. The van der Waals surface area contributed by atoms with E-state index in [0.717, 1.165) is 39.5 Å². The number of rotatable bonds is 4. The Morgan fingerprint density at radius 3 is 1.58 bits per heavy atom. The van der Waals surface area contributed by atoms with E-state index in [9.17, 15) is 0 Å². The molecule has 0 saturated heterocycles. The molecule has 50 heavy (non-hydrogen) atoms. The number of hydrogen-bond donors (Lipinski definition) is 0. The van der Waals surface area contributed by atoms with E-state index in [1.165, 1.54) is 63.6 Å². The van der Waals surface area contributed by atoms with Gasteiger partial charge in [0.15, 0.2) is 5.82 Å². The van der Waals surface area contributed by atoms with Gasteiger partial charge in [0.1, 0.15) is 0 Å². The second-order valence-electron chi connectivity index (χ2n) is 12.9. The fraction of sp³-hybridized carbons (Fsp3) is 0.0213. The van der Waals surface area contributed by atoms with Gasteiger partial charge in [-0.25, -0.2) is 9.97 Å². The zero-order valence-corrected chi connectivity index (χ0v) is 28.2. The highest BCUT2D eigenvalue weighted by molar-refractivity contribution is 7.26. The lowest BCUT2D eigenvalue weighted by atomic mass is 9.92. The van der Waals surface area contributed by atoms with E-state index in [4.69, 9.17) is 9.97 Å². The lowest BCUT2D eigenvalue weighted by Crippen LogP contribution is -2.00. The molecule has 0 atom stereocenters. The van der Waals surface area contributed by atoms with Gasteiger partial charge >= 0.3 is 0 Å². The van der Waals surface area contributed by atoms with Gasteiger partial charge in [-0.05, 0) is 62.5 Å². The highest BCUT2D eigenvalue weighted by Gasteiger charge is 2.19. The Balaban J connectivity index is 1.15. The van der Waals surface area contributed by atoms with E-state index in [1.54, 1.807) is 0 Å². The second kappa shape index (κ2) is 11.5. The van der Waals surface area contributed by atoms with Crippen LogP contribution >= 0.6 is 11.3 Å². The van der Waals surface area contributed by atoms with Crippen LogP contribution in [0.3, 0.4) is 0 Å². The van der Waals surface area contributed by atoms with Gasteiger partial charge in [0.25, 0.3) is 0 Å². The minimum atomic E-state index is 0.738. The predicted molar refractivity (Wildman–Crippen MR) is 214 cm³/mol. The van der Waals surface area contributed by atoms with Gasteiger partial charge in [-0.15, -0.1) is 11.3 Å². The summed E-state index contributed by atoms with van der Waals surface area (Å²) in [5.74, 6) is 0.738. The number of benzene rings is 8. The van der Waals surface area contributed by atoms with Crippen LogP contribution in [0.25, 0.3) is 97.5 Å². The van der Waals surface area contributed by atoms with Crippen LogP contribution < -0.4 is 0 Å². The topological polar surface area (TPSA) is 25.8 Å². The van der Waals surface area contributed by atoms with Crippen molar-refractivity contribution in [3.8, 4) is 45.0 Å². The predicted octanol–water partition coefficient (Wildman–Crippen LogP) is 13.3. The Bertz CT molecular complexity index is 2890. The van der Waals surface area contributed by atoms with Crippen molar-refractivity contribution in [1.82, 2.24) is 9.97 Å². The maximum atomic E-state index is 5.26. The fourth-order valence-corrected chi connectivity index (χ4v) is 8.88. The molecule has 0 aliphatic heterocycles. The van der Waals surface area contributed by atoms with Crippen molar-refractivity contribution in [3.05, 3.63) is 169 Å². The minimum Gasteiger partial charge on any atom is -0.228 e. The summed E-state index contributed by atoms with van der Waals surface area (Å²) in [6, 6.07) is 58.9. The van der Waals surface area contributed by atoms with Gasteiger partial charge in [-0.1, -0.05) is 152 Å². The van der Waals surface area contributed by atoms with Crippen molar-refractivity contribution in [2.45, 2.75) is 6.92 Å². The molecular formula is C47H30N2S. The first-order chi connectivity index (χ1) is 24.7. The minimum absolute atomic E-state index is 0.738. The molecule has 2 aromatic heterocycles. The SMILES string of the molecule is Cc1c(-c2ccccc2)nc(-c2ccccc2)nc1-c1cccc2c1sc1cc(-c3ccc4c5ccccc5c5ccccc5c4c3)ccc12. The average Bonchev–Trinajstić information content (AvgIpc) is 3.57. The molecule has 10 aromatic rings. The maximum Gasteiger partial charge on any atom is 0.160 e. The summed E-state index contributed by atoms with van der Waals surface area (Å²) >= 11 is 1.85. The van der Waals surface area contributed by atoms with Crippen LogP contribution in [0, 0.1) is 6.92 Å². The third kappa shape index (κ3) is 4.55. The van der Waals surface area contributed by atoms with Gasteiger partial charge in [-0.3, -0.25) is 0 Å². The number of hydrogen-bond acceptors (Lipinski definition) is 3. The van der Waals surface area contributed by atoms with E-state index < -0.39 is 0 Å². The molecule has 8 aromatic carbocycles. The molecule has 2 nitrogen and oxygen atoms in total. The smallest absolute Gasteiger partial charge is 0.160 e.